The molecule has 0 spiro atoms. The van der Waals surface area contributed by atoms with Crippen molar-refractivity contribution in [1.82, 2.24) is 0 Å². The van der Waals surface area contributed by atoms with Crippen molar-refractivity contribution in [3.63, 3.8) is 0 Å². The van der Waals surface area contributed by atoms with Crippen LogP contribution in [0.2, 0.25) is 0 Å². The van der Waals surface area contributed by atoms with Crippen molar-refractivity contribution in [2.45, 2.75) is 4.75 Å². The van der Waals surface area contributed by atoms with E-state index in [4.69, 9.17) is 0 Å². The highest BCUT2D eigenvalue weighted by atomic mass is 33.3. The first-order valence-corrected chi connectivity index (χ1v) is 12.3. The van der Waals surface area contributed by atoms with E-state index < -0.39 is 5.53 Å². The molecule has 0 unspecified atom stereocenters. The largest absolute Gasteiger partial charge is 0.130 e. The van der Waals surface area contributed by atoms with Crippen molar-refractivity contribution >= 4 is 41.4 Å². The van der Waals surface area contributed by atoms with Crippen molar-refractivity contribution < 1.29 is 0 Å². The Morgan fingerprint density at radius 2 is 0.870 bits per heavy atom. The maximum Gasteiger partial charge on any atom is 0.0964 e. The van der Waals surface area contributed by atoms with Crippen LogP contribution < -0.4 is 0 Å². The molecule has 0 saturated carbocycles. The summed E-state index contributed by atoms with van der Waals surface area (Å²) in [6.45, 7) is 0. The second-order valence-electron chi connectivity index (χ2n) is 5.12. The van der Waals surface area contributed by atoms with Crippen LogP contribution in [0.25, 0.3) is 0 Å². The van der Waals surface area contributed by atoms with Gasteiger partial charge in [0.2, 0.25) is 0 Å². The van der Waals surface area contributed by atoms with E-state index in [2.05, 4.69) is 115 Å². The van der Waals surface area contributed by atoms with E-state index in [9.17, 15) is 0 Å². The second-order valence-corrected chi connectivity index (χ2v) is 13.0. The van der Waals surface area contributed by atoms with Gasteiger partial charge in [-0.05, 0) is 16.7 Å². The second kappa shape index (κ2) is 7.81. The molecule has 0 aliphatic heterocycles. The Balaban J connectivity index is 2.30. The third-order valence-corrected chi connectivity index (χ3v) is 7.68. The van der Waals surface area contributed by atoms with E-state index in [1.54, 1.807) is 11.4 Å². The van der Waals surface area contributed by atoms with Gasteiger partial charge in [-0.2, -0.15) is 0 Å². The molecule has 0 aliphatic rings. The number of benzene rings is 3. The predicted molar refractivity (Wildman–Crippen MR) is 112 cm³/mol. The smallest absolute Gasteiger partial charge is 0.0964 e. The first kappa shape index (κ1) is 17.0. The molecule has 0 amide bonds. The van der Waals surface area contributed by atoms with E-state index in [-0.39, 0.29) is 4.75 Å². The molecule has 0 nitrogen and oxygen atoms in total. The van der Waals surface area contributed by atoms with E-state index in [0.717, 1.165) is 0 Å². The maximum absolute atomic E-state index is 4.63. The first-order chi connectivity index (χ1) is 11.2. The van der Waals surface area contributed by atoms with Gasteiger partial charge in [0.05, 0.1) is 10.3 Å². The minimum absolute atomic E-state index is 0.307. The van der Waals surface area contributed by atoms with Crippen LogP contribution in [0.4, 0.5) is 0 Å². The van der Waals surface area contributed by atoms with Crippen LogP contribution in [0.1, 0.15) is 16.7 Å². The lowest BCUT2D eigenvalue weighted by molar-refractivity contribution is 0.903. The van der Waals surface area contributed by atoms with E-state index >= 15 is 0 Å². The van der Waals surface area contributed by atoms with Crippen molar-refractivity contribution in [2.75, 3.05) is 0 Å². The van der Waals surface area contributed by atoms with Gasteiger partial charge in [0.1, 0.15) is 0 Å². The Kier molecular flexibility index (Phi) is 5.76. The topological polar surface area (TPSA) is 0 Å². The van der Waals surface area contributed by atoms with Gasteiger partial charge in [-0.25, -0.2) is 0 Å². The quantitative estimate of drug-likeness (QED) is 0.282. The molecular formula is C19H17PS3. The van der Waals surface area contributed by atoms with Crippen LogP contribution in [0.3, 0.4) is 0 Å². The minimum Gasteiger partial charge on any atom is -0.130 e. The Labute approximate surface area is 153 Å². The zero-order valence-corrected chi connectivity index (χ0v) is 15.9. The monoisotopic (exact) mass is 372 g/mol. The fourth-order valence-electron chi connectivity index (χ4n) is 2.80. The third kappa shape index (κ3) is 3.64. The van der Waals surface area contributed by atoms with E-state index in [1.807, 2.05) is 0 Å². The molecule has 0 bridgehead atoms. The average molecular weight is 373 g/mol. The van der Waals surface area contributed by atoms with Crippen LogP contribution in [0.15, 0.2) is 91.0 Å². The van der Waals surface area contributed by atoms with E-state index in [0.29, 0.717) is 0 Å². The summed E-state index contributed by atoms with van der Waals surface area (Å²) >= 11 is 11.1. The summed E-state index contributed by atoms with van der Waals surface area (Å²) in [5, 5.41) is 0. The third-order valence-electron chi connectivity index (χ3n) is 3.76. The average Bonchev–Trinajstić information content (AvgIpc) is 2.62. The molecule has 0 aromatic heterocycles. The summed E-state index contributed by atoms with van der Waals surface area (Å²) in [4.78, 5) is 0. The van der Waals surface area contributed by atoms with Crippen LogP contribution in [0.5, 0.6) is 0 Å². The van der Waals surface area contributed by atoms with Crippen LogP contribution >= 0.6 is 41.4 Å². The highest BCUT2D eigenvalue weighted by Gasteiger charge is 2.38. The van der Waals surface area contributed by atoms with Crippen LogP contribution in [-0.4, -0.2) is 0 Å². The lowest BCUT2D eigenvalue weighted by atomic mass is 9.84. The molecule has 0 N–H and O–H groups in total. The standard InChI is InChI=1S/C19H17PS3/c21-20(22)23-19(16-10-4-1-5-11-16,17-12-6-2-7-13-17)18-14-8-3-9-15-18/h1-15,21-22H. The number of rotatable bonds is 5. The van der Waals surface area contributed by atoms with Gasteiger partial charge in [0.15, 0.2) is 0 Å². The van der Waals surface area contributed by atoms with Crippen molar-refractivity contribution in [1.29, 1.82) is 0 Å². The SMILES string of the molecule is SP(S)SC(c1ccccc1)(c1ccccc1)c1ccccc1. The first-order valence-electron chi connectivity index (χ1n) is 7.27. The van der Waals surface area contributed by atoms with Crippen molar-refractivity contribution in [2.24, 2.45) is 0 Å². The summed E-state index contributed by atoms with van der Waals surface area (Å²) in [5.41, 5.74) is 2.99. The van der Waals surface area contributed by atoms with Gasteiger partial charge in [-0.3, -0.25) is 0 Å². The molecule has 3 rings (SSSR count). The molecule has 0 fully saturated rings. The van der Waals surface area contributed by atoms with Gasteiger partial charge in [-0.15, -0.1) is 24.5 Å². The van der Waals surface area contributed by atoms with Crippen molar-refractivity contribution in [3.8, 4) is 0 Å². The zero-order valence-electron chi connectivity index (χ0n) is 12.4. The Morgan fingerprint density at radius 3 is 1.13 bits per heavy atom. The molecular weight excluding hydrogens is 355 g/mol. The van der Waals surface area contributed by atoms with E-state index in [1.165, 1.54) is 16.7 Å². The Hall–Kier alpha value is -0.860. The molecule has 3 aromatic carbocycles. The summed E-state index contributed by atoms with van der Waals surface area (Å²) in [6.07, 6.45) is 0. The van der Waals surface area contributed by atoms with Gasteiger partial charge >= 0.3 is 0 Å². The summed E-state index contributed by atoms with van der Waals surface area (Å²) < 4.78 is -0.307. The minimum atomic E-state index is -0.754. The van der Waals surface area contributed by atoms with Gasteiger partial charge < -0.3 is 0 Å². The summed E-state index contributed by atoms with van der Waals surface area (Å²) in [6, 6.07) is 31.8. The molecule has 0 radical (unpaired) electrons. The molecule has 3 aromatic rings. The van der Waals surface area contributed by atoms with Gasteiger partial charge in [-0.1, -0.05) is 102 Å². The molecule has 23 heavy (non-hydrogen) atoms. The van der Waals surface area contributed by atoms with Crippen molar-refractivity contribution in [3.05, 3.63) is 108 Å². The lowest BCUT2D eigenvalue weighted by Gasteiger charge is -2.36. The summed E-state index contributed by atoms with van der Waals surface area (Å²) in [7, 11) is 0. The maximum atomic E-state index is 4.63. The number of hydrogen-bond donors (Lipinski definition) is 2. The highest BCUT2D eigenvalue weighted by Crippen LogP contribution is 2.68. The zero-order chi connectivity index (χ0) is 16.1. The Morgan fingerprint density at radius 1 is 0.565 bits per heavy atom. The molecule has 116 valence electrons. The molecule has 0 saturated heterocycles. The Bertz CT molecular complexity index is 634. The fourth-order valence-corrected chi connectivity index (χ4v) is 7.66. The molecule has 4 heteroatoms. The normalized spacial score (nSPS) is 11.6. The number of hydrogen-bond acceptors (Lipinski definition) is 3. The number of thiol groups is 2. The van der Waals surface area contributed by atoms with Gasteiger partial charge in [0.25, 0.3) is 0 Å². The highest BCUT2D eigenvalue weighted by molar-refractivity contribution is 9.06. The molecule has 0 aliphatic carbocycles. The molecule has 0 heterocycles. The predicted octanol–water partition coefficient (Wildman–Crippen LogP) is 6.80. The van der Waals surface area contributed by atoms with Gasteiger partial charge in [0, 0.05) is 0 Å². The fraction of sp³-hybridized carbons (Fsp3) is 0.0526. The molecule has 0 atom stereocenters. The lowest BCUT2D eigenvalue weighted by Crippen LogP contribution is -2.24. The summed E-state index contributed by atoms with van der Waals surface area (Å²) in [5.74, 6) is 0. The van der Waals surface area contributed by atoms with Crippen LogP contribution in [0, 0.1) is 0 Å². The van der Waals surface area contributed by atoms with Crippen LogP contribution in [-0.2, 0) is 4.75 Å².